The van der Waals surface area contributed by atoms with E-state index >= 15 is 0 Å². The van der Waals surface area contributed by atoms with Gasteiger partial charge in [0.05, 0.1) is 28.5 Å². The van der Waals surface area contributed by atoms with Crippen molar-refractivity contribution in [1.82, 2.24) is 29.9 Å². The van der Waals surface area contributed by atoms with Gasteiger partial charge in [-0.1, -0.05) is 27.7 Å². The summed E-state index contributed by atoms with van der Waals surface area (Å²) >= 11 is 0. The van der Waals surface area contributed by atoms with Crippen LogP contribution in [0.2, 0.25) is 0 Å². The van der Waals surface area contributed by atoms with Gasteiger partial charge in [0, 0.05) is 45.0 Å². The average molecular weight is 451 g/mol. The monoisotopic (exact) mass is 450 g/mol. The van der Waals surface area contributed by atoms with E-state index in [9.17, 15) is 0 Å². The molecule has 3 saturated heterocycles. The third-order valence-electron chi connectivity index (χ3n) is 7.43. The number of H-pyrrole nitrogens is 1. The average Bonchev–Trinajstić information content (AvgIpc) is 3.17. The molecule has 2 unspecified atom stereocenters. The molecule has 0 amide bonds. The topological polar surface area (TPSA) is 77.9 Å². The summed E-state index contributed by atoms with van der Waals surface area (Å²) in [5, 5.41) is 16.6. The van der Waals surface area contributed by atoms with Gasteiger partial charge in [-0.15, -0.1) is 0 Å². The Labute approximate surface area is 196 Å². The molecule has 4 fully saturated rings. The fourth-order valence-electron chi connectivity index (χ4n) is 4.80. The van der Waals surface area contributed by atoms with E-state index < -0.39 is 0 Å². The number of nitrogens with one attached hydrogen (secondary N) is 2. The van der Waals surface area contributed by atoms with E-state index in [1.165, 1.54) is 19.3 Å². The van der Waals surface area contributed by atoms with E-state index in [2.05, 4.69) is 70.8 Å². The van der Waals surface area contributed by atoms with Gasteiger partial charge in [0.25, 0.3) is 0 Å². The molecule has 1 aliphatic carbocycles. The van der Waals surface area contributed by atoms with Gasteiger partial charge in [-0.05, 0) is 43.7 Å². The van der Waals surface area contributed by atoms with E-state index in [1.807, 2.05) is 13.2 Å². The minimum absolute atomic E-state index is 0.522. The minimum Gasteiger partial charge on any atom is -0.385 e. The lowest BCUT2D eigenvalue weighted by molar-refractivity contribution is 0.0261. The maximum Gasteiger partial charge on any atom is 0.160 e. The van der Waals surface area contributed by atoms with Gasteiger partial charge in [0.2, 0.25) is 0 Å². The van der Waals surface area contributed by atoms with Crippen molar-refractivity contribution in [3.05, 3.63) is 18.5 Å². The molecule has 8 heteroatoms. The molecule has 4 aliphatic rings. The standard InChI is InChI=1S/C20H28N8.C5H10/c1-12(2)9-28-18-6-16(19-17(21-3)8-23-24-19)22-7-15(18)20(25-28)27-10-13-5-14(11-27)26(13)4;1-5(2)3-4-5/h6-8,12-14,21H,5,9-11H2,1-4H3,(H,23,24);3-4H2,1-2H3. The van der Waals surface area contributed by atoms with E-state index in [-0.39, 0.29) is 0 Å². The minimum atomic E-state index is 0.522. The molecule has 0 radical (unpaired) electrons. The first kappa shape index (κ1) is 22.2. The molecule has 3 aromatic heterocycles. The van der Waals surface area contributed by atoms with Gasteiger partial charge in [-0.3, -0.25) is 19.7 Å². The number of hydrogen-bond donors (Lipinski definition) is 2. The summed E-state index contributed by atoms with van der Waals surface area (Å²) in [5.74, 6) is 1.60. The number of piperazine rings is 1. The lowest BCUT2D eigenvalue weighted by Gasteiger charge is -2.55. The number of pyridine rings is 1. The maximum absolute atomic E-state index is 5.04. The van der Waals surface area contributed by atoms with Crippen LogP contribution < -0.4 is 10.2 Å². The Morgan fingerprint density at radius 3 is 2.45 bits per heavy atom. The molecule has 6 heterocycles. The number of likely N-dealkylation sites (N-methyl/N-ethyl adjacent to an activating group) is 1. The van der Waals surface area contributed by atoms with E-state index in [4.69, 9.17) is 10.1 Å². The summed E-state index contributed by atoms with van der Waals surface area (Å²) in [6, 6.07) is 3.44. The second-order valence-corrected chi connectivity index (χ2v) is 11.2. The Kier molecular flexibility index (Phi) is 5.59. The summed E-state index contributed by atoms with van der Waals surface area (Å²) < 4.78 is 2.15. The van der Waals surface area contributed by atoms with Crippen molar-refractivity contribution in [2.75, 3.05) is 37.4 Å². The summed E-state index contributed by atoms with van der Waals surface area (Å²) in [4.78, 5) is 9.70. The predicted octanol–water partition coefficient (Wildman–Crippen LogP) is 4.22. The number of fused-ring (bicyclic) bond motifs is 3. The Morgan fingerprint density at radius 1 is 1.18 bits per heavy atom. The highest BCUT2D eigenvalue weighted by Gasteiger charge is 2.43. The number of aromatic nitrogens is 5. The van der Waals surface area contributed by atoms with Crippen LogP contribution in [-0.2, 0) is 6.54 Å². The number of nitrogens with zero attached hydrogens (tertiary/aromatic N) is 6. The van der Waals surface area contributed by atoms with Gasteiger partial charge >= 0.3 is 0 Å². The first-order valence-corrected chi connectivity index (χ1v) is 12.3. The second kappa shape index (κ2) is 8.31. The van der Waals surface area contributed by atoms with E-state index in [0.717, 1.165) is 58.8 Å². The van der Waals surface area contributed by atoms with E-state index in [1.54, 1.807) is 6.20 Å². The van der Waals surface area contributed by atoms with E-state index in [0.29, 0.717) is 18.0 Å². The summed E-state index contributed by atoms with van der Waals surface area (Å²) in [7, 11) is 4.13. The summed E-state index contributed by atoms with van der Waals surface area (Å²) in [5.41, 5.74) is 4.62. The van der Waals surface area contributed by atoms with Crippen molar-refractivity contribution in [2.45, 2.75) is 65.6 Å². The molecule has 3 aliphatic heterocycles. The zero-order valence-electron chi connectivity index (χ0n) is 20.9. The number of anilines is 2. The smallest absolute Gasteiger partial charge is 0.160 e. The Balaban J connectivity index is 0.000000406. The highest BCUT2D eigenvalue weighted by Crippen LogP contribution is 2.43. The maximum atomic E-state index is 5.04. The first-order valence-electron chi connectivity index (χ1n) is 12.3. The number of rotatable bonds is 5. The van der Waals surface area contributed by atoms with Crippen molar-refractivity contribution in [3.63, 3.8) is 0 Å². The molecule has 2 bridgehead atoms. The van der Waals surface area contributed by atoms with Gasteiger partial charge < -0.3 is 10.2 Å². The van der Waals surface area contributed by atoms with Crippen molar-refractivity contribution < 1.29 is 0 Å². The molecule has 7 rings (SSSR count). The lowest BCUT2D eigenvalue weighted by atomic mass is 9.88. The first-order chi connectivity index (χ1) is 15.8. The SMILES string of the molecule is CC1(C)CC1.CNc1cn[nH]c1-c1cc2c(cn1)c(N1CC3CC(C1)N3C)nn2CC(C)C. The third-order valence-corrected chi connectivity index (χ3v) is 7.43. The van der Waals surface area contributed by atoms with Crippen LogP contribution in [0.15, 0.2) is 18.5 Å². The zero-order valence-corrected chi connectivity index (χ0v) is 20.9. The lowest BCUT2D eigenvalue weighted by Crippen LogP contribution is -2.67. The normalized spacial score (nSPS) is 23.3. The Bertz CT molecular complexity index is 1110. The molecule has 178 valence electrons. The number of aromatic amines is 1. The van der Waals surface area contributed by atoms with Gasteiger partial charge in [0.1, 0.15) is 5.69 Å². The fraction of sp³-hybridized carbons (Fsp3) is 0.640. The fourth-order valence-corrected chi connectivity index (χ4v) is 4.80. The van der Waals surface area contributed by atoms with Gasteiger partial charge in [-0.2, -0.15) is 10.2 Å². The molecule has 3 aromatic rings. The van der Waals surface area contributed by atoms with Gasteiger partial charge in [0.15, 0.2) is 5.82 Å². The van der Waals surface area contributed by atoms with Crippen LogP contribution in [0, 0.1) is 11.3 Å². The van der Waals surface area contributed by atoms with Crippen molar-refractivity contribution in [2.24, 2.45) is 11.3 Å². The molecule has 1 saturated carbocycles. The van der Waals surface area contributed by atoms with Crippen LogP contribution in [-0.4, -0.2) is 69.1 Å². The predicted molar refractivity (Wildman–Crippen MR) is 135 cm³/mol. The highest BCUT2D eigenvalue weighted by molar-refractivity contribution is 5.92. The quantitative estimate of drug-likeness (QED) is 0.606. The van der Waals surface area contributed by atoms with Crippen LogP contribution in [0.1, 0.15) is 47.0 Å². The second-order valence-electron chi connectivity index (χ2n) is 11.2. The number of hydrogen-bond acceptors (Lipinski definition) is 6. The molecule has 0 spiro atoms. The molecule has 0 aromatic carbocycles. The highest BCUT2D eigenvalue weighted by atomic mass is 15.4. The van der Waals surface area contributed by atoms with Crippen LogP contribution >= 0.6 is 0 Å². The van der Waals surface area contributed by atoms with Crippen LogP contribution in [0.3, 0.4) is 0 Å². The van der Waals surface area contributed by atoms with Crippen molar-refractivity contribution >= 4 is 22.4 Å². The van der Waals surface area contributed by atoms with Crippen LogP contribution in [0.4, 0.5) is 11.5 Å². The zero-order chi connectivity index (χ0) is 23.3. The molecular weight excluding hydrogens is 412 g/mol. The van der Waals surface area contributed by atoms with Crippen molar-refractivity contribution in [1.29, 1.82) is 0 Å². The van der Waals surface area contributed by atoms with Gasteiger partial charge in [-0.25, -0.2) is 0 Å². The summed E-state index contributed by atoms with van der Waals surface area (Å²) in [6.45, 7) is 12.0. The molecule has 2 atom stereocenters. The van der Waals surface area contributed by atoms with Crippen molar-refractivity contribution in [3.8, 4) is 11.4 Å². The van der Waals surface area contributed by atoms with Crippen LogP contribution in [0.5, 0.6) is 0 Å². The van der Waals surface area contributed by atoms with Crippen LogP contribution in [0.25, 0.3) is 22.3 Å². The molecular formula is C25H38N8. The number of piperidine rings is 1. The molecule has 33 heavy (non-hydrogen) atoms. The Morgan fingerprint density at radius 2 is 1.88 bits per heavy atom. The Hall–Kier alpha value is -2.61. The molecule has 8 nitrogen and oxygen atoms in total. The third kappa shape index (κ3) is 4.33. The molecule has 2 N–H and O–H groups in total. The largest absolute Gasteiger partial charge is 0.385 e. The summed E-state index contributed by atoms with van der Waals surface area (Å²) in [6.07, 6.45) is 7.98.